The molecule has 190 valence electrons. The highest BCUT2D eigenvalue weighted by Crippen LogP contribution is 2.35. The third-order valence-electron chi connectivity index (χ3n) is 6.67. The van der Waals surface area contributed by atoms with Crippen LogP contribution >= 0.6 is 0 Å². The number of hydrogen-bond donors (Lipinski definition) is 1. The normalized spacial score (nSPS) is 17.7. The Kier molecular flexibility index (Phi) is 6.00. The number of rotatable bonds is 4. The quantitative estimate of drug-likeness (QED) is 0.533. The van der Waals surface area contributed by atoms with E-state index in [1.807, 2.05) is 0 Å². The van der Waals surface area contributed by atoms with Gasteiger partial charge in [-0.05, 0) is 29.8 Å². The van der Waals surface area contributed by atoms with Crippen LogP contribution in [0.5, 0.6) is 0 Å². The summed E-state index contributed by atoms with van der Waals surface area (Å²) in [6, 6.07) is 7.05. The van der Waals surface area contributed by atoms with E-state index in [2.05, 4.69) is 0 Å². The molecular formula is C25H22F4N2O5. The molecule has 2 saturated heterocycles. The molecule has 5 rings (SSSR count). The minimum atomic E-state index is -4.55. The van der Waals surface area contributed by atoms with E-state index in [1.165, 1.54) is 22.8 Å². The van der Waals surface area contributed by atoms with Crippen molar-refractivity contribution in [2.75, 3.05) is 31.2 Å². The second-order valence-electron chi connectivity index (χ2n) is 8.92. The van der Waals surface area contributed by atoms with Crippen LogP contribution in [0, 0.1) is 5.82 Å². The van der Waals surface area contributed by atoms with Gasteiger partial charge in [0.2, 0.25) is 5.43 Å². The first-order valence-electron chi connectivity index (χ1n) is 11.4. The molecule has 3 aromatic rings. The topological polar surface area (TPSA) is 81.0 Å². The maximum Gasteiger partial charge on any atom is 0.416 e. The Morgan fingerprint density at radius 2 is 1.78 bits per heavy atom. The number of fused-ring (bicyclic) bond motifs is 1. The number of aromatic carboxylic acids is 1. The van der Waals surface area contributed by atoms with Gasteiger partial charge in [0.1, 0.15) is 11.4 Å². The first-order valence-corrected chi connectivity index (χ1v) is 11.4. The Balaban J connectivity index is 1.57. The number of ether oxygens (including phenoxy) is 2. The lowest BCUT2D eigenvalue weighted by molar-refractivity contribution is -0.169. The van der Waals surface area contributed by atoms with Gasteiger partial charge >= 0.3 is 12.1 Å². The molecule has 2 aromatic carbocycles. The highest BCUT2D eigenvalue weighted by molar-refractivity contribution is 5.93. The zero-order chi connectivity index (χ0) is 25.7. The van der Waals surface area contributed by atoms with Crippen LogP contribution in [0.3, 0.4) is 0 Å². The van der Waals surface area contributed by atoms with E-state index in [4.69, 9.17) is 9.47 Å². The molecule has 36 heavy (non-hydrogen) atoms. The van der Waals surface area contributed by atoms with Gasteiger partial charge in [0.25, 0.3) is 0 Å². The monoisotopic (exact) mass is 506 g/mol. The van der Waals surface area contributed by atoms with Crippen LogP contribution in [-0.2, 0) is 22.2 Å². The zero-order valence-corrected chi connectivity index (χ0v) is 19.0. The van der Waals surface area contributed by atoms with Gasteiger partial charge in [-0.15, -0.1) is 0 Å². The zero-order valence-electron chi connectivity index (χ0n) is 19.0. The molecule has 11 heteroatoms. The number of benzene rings is 2. The summed E-state index contributed by atoms with van der Waals surface area (Å²) >= 11 is 0. The second-order valence-corrected chi connectivity index (χ2v) is 8.92. The lowest BCUT2D eigenvalue weighted by Gasteiger charge is -2.38. The summed E-state index contributed by atoms with van der Waals surface area (Å²) in [5.74, 6) is -2.88. The van der Waals surface area contributed by atoms with E-state index in [0.717, 1.165) is 24.4 Å². The van der Waals surface area contributed by atoms with Gasteiger partial charge in [-0.3, -0.25) is 4.79 Å². The van der Waals surface area contributed by atoms with Gasteiger partial charge in [-0.1, -0.05) is 12.1 Å². The SMILES string of the molecule is O=C(O)c1cn(Cc2cccc(C(F)(F)F)c2)c2cc(N3CCC4(CC3)OCCO4)c(F)cc2c1=O. The molecule has 0 radical (unpaired) electrons. The molecule has 2 fully saturated rings. The third-order valence-corrected chi connectivity index (χ3v) is 6.67. The highest BCUT2D eigenvalue weighted by Gasteiger charge is 2.40. The number of anilines is 1. The van der Waals surface area contributed by atoms with Crippen molar-refractivity contribution < 1.29 is 36.9 Å². The maximum absolute atomic E-state index is 15.2. The molecule has 7 nitrogen and oxygen atoms in total. The number of pyridine rings is 1. The summed E-state index contributed by atoms with van der Waals surface area (Å²) in [5.41, 5.74) is -1.66. The number of carboxylic acids is 1. The summed E-state index contributed by atoms with van der Waals surface area (Å²) in [5, 5.41) is 9.34. The van der Waals surface area contributed by atoms with E-state index in [-0.39, 0.29) is 28.7 Å². The summed E-state index contributed by atoms with van der Waals surface area (Å²) in [4.78, 5) is 26.3. The van der Waals surface area contributed by atoms with Crippen LogP contribution in [0.1, 0.15) is 34.3 Å². The van der Waals surface area contributed by atoms with Crippen molar-refractivity contribution in [3.05, 3.63) is 75.3 Å². The fourth-order valence-electron chi connectivity index (χ4n) is 4.84. The molecule has 2 aliphatic heterocycles. The molecule has 1 N–H and O–H groups in total. The molecule has 0 unspecified atom stereocenters. The first kappa shape index (κ1) is 24.3. The van der Waals surface area contributed by atoms with Gasteiger partial charge < -0.3 is 24.0 Å². The average Bonchev–Trinajstić information content (AvgIpc) is 3.28. The van der Waals surface area contributed by atoms with Crippen LogP contribution < -0.4 is 10.3 Å². The predicted molar refractivity (Wildman–Crippen MR) is 122 cm³/mol. The lowest BCUT2D eigenvalue weighted by atomic mass is 10.0. The average molecular weight is 506 g/mol. The molecule has 1 spiro atoms. The highest BCUT2D eigenvalue weighted by atomic mass is 19.4. The number of alkyl halides is 3. The largest absolute Gasteiger partial charge is 0.477 e. The third kappa shape index (κ3) is 4.44. The molecule has 2 aliphatic rings. The van der Waals surface area contributed by atoms with E-state index in [9.17, 15) is 27.9 Å². The van der Waals surface area contributed by atoms with E-state index < -0.39 is 40.3 Å². The van der Waals surface area contributed by atoms with Crippen molar-refractivity contribution in [1.29, 1.82) is 0 Å². The smallest absolute Gasteiger partial charge is 0.416 e. The molecule has 0 atom stereocenters. The van der Waals surface area contributed by atoms with E-state index in [0.29, 0.717) is 39.1 Å². The van der Waals surface area contributed by atoms with Crippen molar-refractivity contribution in [2.45, 2.75) is 31.3 Å². The Hall–Kier alpha value is -3.44. The Morgan fingerprint density at radius 3 is 2.42 bits per heavy atom. The summed E-state index contributed by atoms with van der Waals surface area (Å²) < 4.78 is 67.6. The van der Waals surface area contributed by atoms with Gasteiger partial charge in [-0.2, -0.15) is 13.2 Å². The van der Waals surface area contributed by atoms with Crippen molar-refractivity contribution in [3.8, 4) is 0 Å². The van der Waals surface area contributed by atoms with E-state index in [1.54, 1.807) is 4.90 Å². The summed E-state index contributed by atoms with van der Waals surface area (Å²) in [7, 11) is 0. The standard InChI is InChI=1S/C25H22F4N2O5/c26-19-11-17-20(12-21(19)30-6-4-24(5-7-30)35-8-9-36-24)31(14-18(22(17)32)23(33)34)13-15-2-1-3-16(10-15)25(27,28)29/h1-3,10-12,14H,4-9,13H2,(H,33,34). The molecule has 1 aromatic heterocycles. The van der Waals surface area contributed by atoms with Crippen LogP contribution in [0.4, 0.5) is 23.2 Å². The van der Waals surface area contributed by atoms with Gasteiger partial charge in [0.15, 0.2) is 5.79 Å². The van der Waals surface area contributed by atoms with Crippen LogP contribution in [0.15, 0.2) is 47.4 Å². The second kappa shape index (κ2) is 8.90. The molecule has 3 heterocycles. The number of aromatic nitrogens is 1. The first-order chi connectivity index (χ1) is 17.1. The molecule has 0 amide bonds. The molecule has 0 bridgehead atoms. The van der Waals surface area contributed by atoms with Crippen molar-refractivity contribution >= 4 is 22.6 Å². The minimum absolute atomic E-state index is 0.156. The lowest BCUT2D eigenvalue weighted by Crippen LogP contribution is -2.45. The number of nitrogens with zero attached hydrogens (tertiary/aromatic N) is 2. The van der Waals surface area contributed by atoms with Crippen LogP contribution in [0.25, 0.3) is 10.9 Å². The fourth-order valence-corrected chi connectivity index (χ4v) is 4.84. The van der Waals surface area contributed by atoms with Gasteiger partial charge in [0.05, 0.1) is 30.0 Å². The number of piperidine rings is 1. The number of carboxylic acid groups (broad SMARTS) is 1. The van der Waals surface area contributed by atoms with Crippen molar-refractivity contribution in [3.63, 3.8) is 0 Å². The maximum atomic E-state index is 15.2. The van der Waals surface area contributed by atoms with Crippen LogP contribution in [0.2, 0.25) is 0 Å². The Morgan fingerprint density at radius 1 is 1.08 bits per heavy atom. The molecular weight excluding hydrogens is 484 g/mol. The summed E-state index contributed by atoms with van der Waals surface area (Å²) in [6.07, 6.45) is -2.44. The van der Waals surface area contributed by atoms with Crippen LogP contribution in [-0.4, -0.2) is 47.7 Å². The number of halogens is 4. The van der Waals surface area contributed by atoms with Crippen molar-refractivity contribution in [1.82, 2.24) is 4.57 Å². The van der Waals surface area contributed by atoms with E-state index >= 15 is 4.39 Å². The summed E-state index contributed by atoms with van der Waals surface area (Å²) in [6.45, 7) is 1.69. The number of carbonyl (C=O) groups is 1. The number of hydrogen-bond acceptors (Lipinski definition) is 5. The van der Waals surface area contributed by atoms with Gasteiger partial charge in [0, 0.05) is 44.1 Å². The minimum Gasteiger partial charge on any atom is -0.477 e. The predicted octanol–water partition coefficient (Wildman–Crippen LogP) is 4.25. The molecule has 0 aliphatic carbocycles. The Bertz CT molecular complexity index is 1390. The van der Waals surface area contributed by atoms with Gasteiger partial charge in [-0.25, -0.2) is 9.18 Å². The molecule has 0 saturated carbocycles. The fraction of sp³-hybridized carbons (Fsp3) is 0.360. The van der Waals surface area contributed by atoms with Crippen molar-refractivity contribution in [2.24, 2.45) is 0 Å². The Labute approximate surface area is 202 Å².